The van der Waals surface area contributed by atoms with Crippen LogP contribution in [0.1, 0.15) is 67.9 Å². The van der Waals surface area contributed by atoms with Gasteiger partial charge in [-0.3, -0.25) is 19.2 Å². The van der Waals surface area contributed by atoms with Crippen LogP contribution in [-0.2, 0) is 11.3 Å². The van der Waals surface area contributed by atoms with Crippen LogP contribution in [0.3, 0.4) is 0 Å². The van der Waals surface area contributed by atoms with Crippen molar-refractivity contribution in [2.45, 2.75) is 76.9 Å². The minimum atomic E-state index is -1.12. The summed E-state index contributed by atoms with van der Waals surface area (Å²) in [5, 5.41) is 7.95. The van der Waals surface area contributed by atoms with E-state index < -0.39 is 5.54 Å². The van der Waals surface area contributed by atoms with Crippen molar-refractivity contribution in [3.05, 3.63) is 60.0 Å². The van der Waals surface area contributed by atoms with Crippen LogP contribution in [-0.4, -0.2) is 33.2 Å². The van der Waals surface area contributed by atoms with Gasteiger partial charge in [0.25, 0.3) is 5.91 Å². The molecule has 2 aliphatic rings. The number of amides is 2. The third kappa shape index (κ3) is 4.04. The zero-order valence-corrected chi connectivity index (χ0v) is 19.9. The number of rotatable bonds is 4. The molecule has 178 valence electrons. The molecule has 3 aromatic rings. The predicted octanol–water partition coefficient (Wildman–Crippen LogP) is 5.10. The smallest absolute Gasteiger partial charge is 0.277 e. The van der Waals surface area contributed by atoms with Crippen LogP contribution in [0.25, 0.3) is 11.5 Å². The maximum Gasteiger partial charge on any atom is 0.277 e. The fraction of sp³-hybridized carbons (Fsp3) is 0.444. The molecule has 1 saturated carbocycles. The highest BCUT2D eigenvalue weighted by molar-refractivity contribution is 6.12. The first-order valence-corrected chi connectivity index (χ1v) is 12.3. The highest BCUT2D eigenvalue weighted by Crippen LogP contribution is 2.36. The molecule has 1 atom stereocenters. The number of nitrogens with zero attached hydrogens (tertiary/aromatic N) is 3. The SMILES string of the molecule is Cc1ccccc1N1C(=O)c2cc(-c3ccco3)nn2C[C@@]1(C)C(=O)NC1CCCCCCC1. The summed E-state index contributed by atoms with van der Waals surface area (Å²) in [6.45, 7) is 4.09. The molecular formula is C27H32N4O3. The maximum atomic E-state index is 13.9. The van der Waals surface area contributed by atoms with Gasteiger partial charge in [-0.1, -0.05) is 50.3 Å². The van der Waals surface area contributed by atoms with E-state index in [1.165, 1.54) is 19.3 Å². The van der Waals surface area contributed by atoms with E-state index in [4.69, 9.17) is 4.42 Å². The van der Waals surface area contributed by atoms with Crippen LogP contribution in [0.2, 0.25) is 0 Å². The lowest BCUT2D eigenvalue weighted by Crippen LogP contribution is -2.65. The molecule has 1 aromatic carbocycles. The van der Waals surface area contributed by atoms with Gasteiger partial charge in [-0.25, -0.2) is 0 Å². The number of aromatic nitrogens is 2. The van der Waals surface area contributed by atoms with Gasteiger partial charge in [0.15, 0.2) is 5.76 Å². The fourth-order valence-corrected chi connectivity index (χ4v) is 5.26. The average Bonchev–Trinajstić information content (AvgIpc) is 3.46. The molecule has 7 nitrogen and oxygen atoms in total. The first kappa shape index (κ1) is 22.4. The third-order valence-electron chi connectivity index (χ3n) is 7.21. The van der Waals surface area contributed by atoms with Crippen molar-refractivity contribution in [1.82, 2.24) is 15.1 Å². The first-order valence-electron chi connectivity index (χ1n) is 12.3. The molecule has 0 radical (unpaired) electrons. The molecule has 0 saturated heterocycles. The third-order valence-corrected chi connectivity index (χ3v) is 7.21. The zero-order chi connectivity index (χ0) is 23.7. The van der Waals surface area contributed by atoms with Crippen LogP contribution in [0.4, 0.5) is 5.69 Å². The normalized spacial score (nSPS) is 21.6. The van der Waals surface area contributed by atoms with Crippen molar-refractivity contribution >= 4 is 17.5 Å². The summed E-state index contributed by atoms with van der Waals surface area (Å²) in [6, 6.07) is 13.2. The molecule has 7 heteroatoms. The topological polar surface area (TPSA) is 80.4 Å². The van der Waals surface area contributed by atoms with Gasteiger partial charge < -0.3 is 9.73 Å². The standard InChI is InChI=1S/C27H32N4O3/c1-19-11-8-9-14-22(19)31-25(32)23-17-21(24-15-10-16-34-24)29-30(23)18-27(31,2)26(33)28-20-12-6-4-3-5-7-13-20/h8-11,14-17,20H,3-7,12-13,18H2,1-2H3,(H,28,33)/t27-/m0/s1. The minimum absolute atomic E-state index is 0.129. The number of hydrogen-bond acceptors (Lipinski definition) is 4. The first-order chi connectivity index (χ1) is 16.5. The lowest BCUT2D eigenvalue weighted by atomic mass is 9.91. The van der Waals surface area contributed by atoms with E-state index >= 15 is 0 Å². The second-order valence-corrected chi connectivity index (χ2v) is 9.77. The number of nitrogens with one attached hydrogen (secondary N) is 1. The maximum absolute atomic E-state index is 13.9. The summed E-state index contributed by atoms with van der Waals surface area (Å²) in [5.41, 5.74) is 1.61. The van der Waals surface area contributed by atoms with Crippen LogP contribution in [0.5, 0.6) is 0 Å². The van der Waals surface area contributed by atoms with E-state index in [1.807, 2.05) is 44.2 Å². The second-order valence-electron chi connectivity index (χ2n) is 9.77. The molecule has 3 heterocycles. The predicted molar refractivity (Wildman–Crippen MR) is 131 cm³/mol. The number of furan rings is 1. The molecule has 1 N–H and O–H groups in total. The van der Waals surface area contributed by atoms with Gasteiger partial charge in [-0.2, -0.15) is 5.10 Å². The Bertz CT molecular complexity index is 1170. The lowest BCUT2D eigenvalue weighted by molar-refractivity contribution is -0.127. The molecule has 1 aliphatic heterocycles. The number of benzene rings is 1. The number of aryl methyl sites for hydroxylation is 1. The Labute approximate surface area is 200 Å². The largest absolute Gasteiger partial charge is 0.463 e. The summed E-state index contributed by atoms with van der Waals surface area (Å²) < 4.78 is 7.16. The zero-order valence-electron chi connectivity index (χ0n) is 19.9. The van der Waals surface area contributed by atoms with Crippen molar-refractivity contribution in [2.24, 2.45) is 0 Å². The van der Waals surface area contributed by atoms with Gasteiger partial charge in [0.05, 0.1) is 12.8 Å². The molecule has 2 aromatic heterocycles. The molecule has 2 amide bonds. The Balaban J connectivity index is 1.53. The molecular weight excluding hydrogens is 428 g/mol. The van der Waals surface area contributed by atoms with Crippen LogP contribution in [0, 0.1) is 6.92 Å². The summed E-state index contributed by atoms with van der Waals surface area (Å²) in [7, 11) is 0. The second kappa shape index (κ2) is 9.12. The summed E-state index contributed by atoms with van der Waals surface area (Å²) >= 11 is 0. The van der Waals surface area contributed by atoms with Gasteiger partial charge in [-0.15, -0.1) is 0 Å². The Hall–Kier alpha value is -3.35. The molecule has 5 rings (SSSR count). The average molecular weight is 461 g/mol. The molecule has 0 unspecified atom stereocenters. The van der Waals surface area contributed by atoms with Crippen molar-refractivity contribution in [1.29, 1.82) is 0 Å². The van der Waals surface area contributed by atoms with Crippen molar-refractivity contribution < 1.29 is 14.0 Å². The van der Waals surface area contributed by atoms with Crippen molar-refractivity contribution in [2.75, 3.05) is 4.90 Å². The molecule has 0 bridgehead atoms. The van der Waals surface area contributed by atoms with Gasteiger partial charge in [0.2, 0.25) is 5.91 Å². The Morgan fingerprint density at radius 3 is 2.53 bits per heavy atom. The Kier molecular flexibility index (Phi) is 6.02. The quantitative estimate of drug-likeness (QED) is 0.587. The molecule has 1 fully saturated rings. The van der Waals surface area contributed by atoms with Crippen LogP contribution in [0.15, 0.2) is 53.1 Å². The summed E-state index contributed by atoms with van der Waals surface area (Å²) in [4.78, 5) is 29.5. The van der Waals surface area contributed by atoms with Crippen LogP contribution < -0.4 is 10.2 Å². The van der Waals surface area contributed by atoms with Crippen molar-refractivity contribution in [3.63, 3.8) is 0 Å². The minimum Gasteiger partial charge on any atom is -0.463 e. The van der Waals surface area contributed by atoms with E-state index in [-0.39, 0.29) is 24.4 Å². The number of carbonyl (C=O) groups excluding carboxylic acids is 2. The molecule has 1 aliphatic carbocycles. The monoisotopic (exact) mass is 460 g/mol. The van der Waals surface area contributed by atoms with Crippen LogP contribution >= 0.6 is 0 Å². The van der Waals surface area contributed by atoms with E-state index in [0.29, 0.717) is 17.1 Å². The van der Waals surface area contributed by atoms with E-state index in [9.17, 15) is 9.59 Å². The van der Waals surface area contributed by atoms with E-state index in [2.05, 4.69) is 10.4 Å². The Morgan fingerprint density at radius 2 is 1.82 bits per heavy atom. The van der Waals surface area contributed by atoms with E-state index in [1.54, 1.807) is 28.0 Å². The highest BCUT2D eigenvalue weighted by Gasteiger charge is 2.49. The number of carbonyl (C=O) groups is 2. The Morgan fingerprint density at radius 1 is 1.09 bits per heavy atom. The number of fused-ring (bicyclic) bond motifs is 1. The fourth-order valence-electron chi connectivity index (χ4n) is 5.26. The van der Waals surface area contributed by atoms with Crippen molar-refractivity contribution in [3.8, 4) is 11.5 Å². The van der Waals surface area contributed by atoms with Gasteiger partial charge in [0.1, 0.15) is 16.9 Å². The van der Waals surface area contributed by atoms with Gasteiger partial charge in [-0.05, 0) is 50.5 Å². The number of hydrogen-bond donors (Lipinski definition) is 1. The highest BCUT2D eigenvalue weighted by atomic mass is 16.3. The van der Waals surface area contributed by atoms with Gasteiger partial charge in [0, 0.05) is 17.8 Å². The number of anilines is 1. The van der Waals surface area contributed by atoms with E-state index in [0.717, 1.165) is 36.9 Å². The molecule has 0 spiro atoms. The lowest BCUT2D eigenvalue weighted by Gasteiger charge is -2.44. The summed E-state index contributed by atoms with van der Waals surface area (Å²) in [6.07, 6.45) is 9.49. The van der Waals surface area contributed by atoms with Gasteiger partial charge >= 0.3 is 0 Å². The summed E-state index contributed by atoms with van der Waals surface area (Å²) in [5.74, 6) is 0.231. The number of para-hydroxylation sites is 1. The molecule has 34 heavy (non-hydrogen) atoms.